The summed E-state index contributed by atoms with van der Waals surface area (Å²) >= 11 is 0. The molecule has 0 aliphatic carbocycles. The number of halogens is 3. The Balaban J connectivity index is 2.36. The molecule has 0 aliphatic rings. The number of hydrogen-bond acceptors (Lipinski definition) is 7. The molecular weight excluding hydrogens is 675 g/mol. The van der Waals surface area contributed by atoms with Gasteiger partial charge in [0, 0.05) is 18.0 Å². The van der Waals surface area contributed by atoms with Gasteiger partial charge in [0.1, 0.15) is 10.9 Å². The Hall–Kier alpha value is -4.24. The quantitative estimate of drug-likeness (QED) is 0.222. The van der Waals surface area contributed by atoms with E-state index in [1.54, 1.807) is 41.7 Å². The molecule has 2 aromatic carbocycles. The van der Waals surface area contributed by atoms with Crippen molar-refractivity contribution in [3.05, 3.63) is 71.8 Å². The normalized spacial score (nSPS) is 14.7. The zero-order valence-corrected chi connectivity index (χ0v) is 30.8. The number of rotatable bonds is 13. The van der Waals surface area contributed by atoms with Crippen molar-refractivity contribution in [1.29, 1.82) is 0 Å². The van der Waals surface area contributed by atoms with E-state index in [-0.39, 0.29) is 11.5 Å². The Morgan fingerprint density at radius 3 is 1.90 bits per heavy atom. The molecule has 4 amide bonds. The molecule has 2 rings (SSSR count). The highest BCUT2D eigenvalue weighted by molar-refractivity contribution is 7.90. The molecule has 0 bridgehead atoms. The summed E-state index contributed by atoms with van der Waals surface area (Å²) in [4.78, 5) is 53.1. The average molecular weight is 724 g/mol. The van der Waals surface area contributed by atoms with E-state index >= 15 is 0 Å². The number of amides is 4. The van der Waals surface area contributed by atoms with Crippen molar-refractivity contribution in [2.45, 2.75) is 90.0 Å². The summed E-state index contributed by atoms with van der Waals surface area (Å²) in [5.41, 5.74) is -1.28. The van der Waals surface area contributed by atoms with Crippen LogP contribution in [0.1, 0.15) is 61.0 Å². The molecule has 0 heterocycles. The number of anilines is 1. The van der Waals surface area contributed by atoms with E-state index < -0.39 is 79.4 Å². The number of nitrogens with zero attached hydrogens (tertiary/aromatic N) is 1. The lowest BCUT2D eigenvalue weighted by Gasteiger charge is -2.40. The third kappa shape index (κ3) is 10.4. The number of benzene rings is 2. The van der Waals surface area contributed by atoms with Gasteiger partial charge in [-0.25, -0.2) is 13.1 Å². The third-order valence-electron chi connectivity index (χ3n) is 8.36. The molecule has 0 saturated carbocycles. The van der Waals surface area contributed by atoms with Crippen LogP contribution in [0.2, 0.25) is 0 Å². The standard InChI is InChI=1S/C35H48F3N5O6S/c1-21(2)25(20-22(3)29(44)42-50(48,49)26-19-15-14-18-24(26)40-32(47)35(36,37)38)43(10)31(46)28(33(4,5)6)41-30(45)27(39-9)34(7,8)23-16-12-11-13-17-23/h11-21,25,27-28,39H,1-10H3,(H,40,47)(H,41,45)(H,42,44). The molecule has 3 unspecified atom stereocenters. The Bertz CT molecular complexity index is 1690. The van der Waals surface area contributed by atoms with Gasteiger partial charge in [0.25, 0.3) is 15.9 Å². The second-order valence-corrected chi connectivity index (χ2v) is 15.7. The van der Waals surface area contributed by atoms with Gasteiger partial charge in [-0.15, -0.1) is 0 Å². The fourth-order valence-corrected chi connectivity index (χ4v) is 6.60. The van der Waals surface area contributed by atoms with Crippen molar-refractivity contribution < 1.29 is 40.8 Å². The van der Waals surface area contributed by atoms with Crippen LogP contribution in [-0.4, -0.2) is 75.3 Å². The molecular formula is C35H48F3N5O6S. The topological polar surface area (TPSA) is 154 Å². The van der Waals surface area contributed by atoms with Gasteiger partial charge >= 0.3 is 12.1 Å². The lowest BCUT2D eigenvalue weighted by atomic mass is 9.76. The minimum atomic E-state index is -5.28. The molecule has 4 N–H and O–H groups in total. The number of hydrogen-bond donors (Lipinski definition) is 4. The molecule has 0 fully saturated rings. The SMILES string of the molecule is CNC(C(=O)NC(C(=O)N(C)C(C=C(C)C(=O)NS(=O)(=O)c1ccccc1NC(=O)C(F)(F)F)C(C)C)C(C)(C)C)C(C)(C)c1ccccc1. The fourth-order valence-electron chi connectivity index (χ4n) is 5.42. The van der Waals surface area contributed by atoms with Gasteiger partial charge in [-0.3, -0.25) is 19.2 Å². The van der Waals surface area contributed by atoms with Crippen LogP contribution in [0, 0.1) is 11.3 Å². The molecule has 0 spiro atoms. The second-order valence-electron chi connectivity index (χ2n) is 14.0. The first kappa shape index (κ1) is 41.9. The summed E-state index contributed by atoms with van der Waals surface area (Å²) in [6.45, 7) is 14.2. The number of carbonyl (C=O) groups is 4. The molecule has 15 heteroatoms. The van der Waals surface area contributed by atoms with E-state index in [4.69, 9.17) is 0 Å². The van der Waals surface area contributed by atoms with E-state index in [1.165, 1.54) is 42.4 Å². The molecule has 0 aromatic heterocycles. The van der Waals surface area contributed by atoms with Crippen molar-refractivity contribution in [3.8, 4) is 0 Å². The van der Waals surface area contributed by atoms with Crippen LogP contribution in [0.4, 0.5) is 18.9 Å². The highest BCUT2D eigenvalue weighted by Crippen LogP contribution is 2.29. The predicted molar refractivity (Wildman–Crippen MR) is 185 cm³/mol. The van der Waals surface area contributed by atoms with Crippen LogP contribution in [-0.2, 0) is 34.6 Å². The Morgan fingerprint density at radius 2 is 1.40 bits per heavy atom. The summed E-state index contributed by atoms with van der Waals surface area (Å²) in [5, 5.41) is 7.53. The van der Waals surface area contributed by atoms with Crippen molar-refractivity contribution in [2.75, 3.05) is 19.4 Å². The molecule has 0 aliphatic heterocycles. The summed E-state index contributed by atoms with van der Waals surface area (Å²) in [5.74, 6) is -4.63. The fraction of sp³-hybridized carbons (Fsp3) is 0.486. The second kappa shape index (κ2) is 16.2. The predicted octanol–water partition coefficient (Wildman–Crippen LogP) is 4.52. The monoisotopic (exact) mass is 723 g/mol. The van der Waals surface area contributed by atoms with E-state index in [0.717, 1.165) is 17.7 Å². The Kier molecular flexibility index (Phi) is 13.6. The summed E-state index contributed by atoms with van der Waals surface area (Å²) in [7, 11) is -1.58. The lowest BCUT2D eigenvalue weighted by molar-refractivity contribution is -0.167. The number of carbonyl (C=O) groups excluding carboxylic acids is 4. The number of sulfonamides is 1. The molecule has 11 nitrogen and oxygen atoms in total. The van der Waals surface area contributed by atoms with E-state index in [0.29, 0.717) is 0 Å². The number of alkyl halides is 3. The maximum Gasteiger partial charge on any atom is 0.471 e. The Morgan fingerprint density at radius 1 is 0.860 bits per heavy atom. The molecule has 276 valence electrons. The summed E-state index contributed by atoms with van der Waals surface area (Å²) in [6, 6.07) is 11.3. The molecule has 0 radical (unpaired) electrons. The van der Waals surface area contributed by atoms with Crippen LogP contribution in [0.25, 0.3) is 0 Å². The first-order valence-corrected chi connectivity index (χ1v) is 17.4. The highest BCUT2D eigenvalue weighted by Gasteiger charge is 2.42. The number of para-hydroxylation sites is 1. The Labute approximate surface area is 292 Å². The van der Waals surface area contributed by atoms with E-state index in [9.17, 15) is 40.8 Å². The third-order valence-corrected chi connectivity index (χ3v) is 9.75. The van der Waals surface area contributed by atoms with Crippen molar-refractivity contribution >= 4 is 39.3 Å². The number of likely N-dealkylation sites (N-methyl/N-ethyl adjacent to an activating group) is 2. The summed E-state index contributed by atoms with van der Waals surface area (Å²) in [6.07, 6.45) is -3.88. The zero-order chi connectivity index (χ0) is 38.4. The minimum Gasteiger partial charge on any atom is -0.342 e. The molecule has 3 atom stereocenters. The first-order valence-electron chi connectivity index (χ1n) is 15.9. The van der Waals surface area contributed by atoms with Gasteiger partial charge in [0.05, 0.1) is 17.8 Å². The zero-order valence-electron chi connectivity index (χ0n) is 30.0. The van der Waals surface area contributed by atoms with E-state index in [2.05, 4.69) is 10.6 Å². The maximum atomic E-state index is 14.1. The van der Waals surface area contributed by atoms with Gasteiger partial charge in [-0.2, -0.15) is 13.2 Å². The molecule has 2 aromatic rings. The number of nitrogens with one attached hydrogen (secondary N) is 4. The molecule has 0 saturated heterocycles. The van der Waals surface area contributed by atoms with Crippen molar-refractivity contribution in [1.82, 2.24) is 20.3 Å². The highest BCUT2D eigenvalue weighted by atomic mass is 32.2. The minimum absolute atomic E-state index is 0.111. The van der Waals surface area contributed by atoms with Crippen LogP contribution < -0.4 is 20.7 Å². The smallest absolute Gasteiger partial charge is 0.342 e. The van der Waals surface area contributed by atoms with Gasteiger partial charge in [0.2, 0.25) is 11.8 Å². The first-order chi connectivity index (χ1) is 22.9. The van der Waals surface area contributed by atoms with Crippen LogP contribution >= 0.6 is 0 Å². The van der Waals surface area contributed by atoms with Crippen LogP contribution in [0.3, 0.4) is 0 Å². The van der Waals surface area contributed by atoms with Gasteiger partial charge in [-0.05, 0) is 43.0 Å². The van der Waals surface area contributed by atoms with Crippen molar-refractivity contribution in [3.63, 3.8) is 0 Å². The lowest BCUT2D eigenvalue weighted by Crippen LogP contribution is -2.61. The van der Waals surface area contributed by atoms with Gasteiger partial charge in [-0.1, -0.05) is 97.0 Å². The van der Waals surface area contributed by atoms with E-state index in [1.807, 2.05) is 48.9 Å². The van der Waals surface area contributed by atoms with Crippen LogP contribution in [0.15, 0.2) is 71.1 Å². The van der Waals surface area contributed by atoms with Crippen molar-refractivity contribution in [2.24, 2.45) is 11.3 Å². The summed E-state index contributed by atoms with van der Waals surface area (Å²) < 4.78 is 66.5. The van der Waals surface area contributed by atoms with Crippen LogP contribution in [0.5, 0.6) is 0 Å². The van der Waals surface area contributed by atoms with Gasteiger partial charge in [0.15, 0.2) is 0 Å². The maximum absolute atomic E-state index is 14.1. The largest absolute Gasteiger partial charge is 0.471 e. The van der Waals surface area contributed by atoms with Gasteiger partial charge < -0.3 is 20.9 Å². The molecule has 50 heavy (non-hydrogen) atoms. The average Bonchev–Trinajstić information content (AvgIpc) is 3.01.